The number of unbranched alkanes of at least 4 members (excludes halogenated alkanes) is 2. The lowest BCUT2D eigenvalue weighted by molar-refractivity contribution is -0.438. The van der Waals surface area contributed by atoms with Crippen LogP contribution in [0, 0.1) is 0 Å². The van der Waals surface area contributed by atoms with Crippen molar-refractivity contribution in [3.63, 3.8) is 0 Å². The Hall–Kier alpha value is -4.93. The van der Waals surface area contributed by atoms with E-state index in [1.807, 2.05) is 16.4 Å². The summed E-state index contributed by atoms with van der Waals surface area (Å²) in [7, 11) is -23.4. The summed E-state index contributed by atoms with van der Waals surface area (Å²) >= 11 is 0. The van der Waals surface area contributed by atoms with Crippen molar-refractivity contribution in [3.05, 3.63) is 95.7 Å². The molecule has 0 spiro atoms. The molecule has 2 atom stereocenters. The molecule has 0 aliphatic carbocycles. The fraction of sp³-hybridized carbons (Fsp3) is 0.378. The average molecular weight is 1070 g/mol. The van der Waals surface area contributed by atoms with Gasteiger partial charge in [-0.15, -0.1) is 0 Å². The summed E-state index contributed by atoms with van der Waals surface area (Å²) in [4.78, 5) is 9.82. The molecule has 0 amide bonds. The maximum Gasteiger partial charge on any atom is 0.303 e. The number of allylic oxidation sites excluding steroid dienone is 6. The van der Waals surface area contributed by atoms with Crippen molar-refractivity contribution < 1.29 is 84.1 Å². The molecule has 380 valence electrons. The Morgan fingerprint density at radius 2 is 1.31 bits per heavy atom. The Bertz CT molecular complexity index is 3510. The fourth-order valence-electron chi connectivity index (χ4n) is 9.80. The maximum absolute atomic E-state index is 12.6. The Morgan fingerprint density at radius 3 is 1.87 bits per heavy atom. The monoisotopic (exact) mass is 1070 g/mol. The van der Waals surface area contributed by atoms with Crippen LogP contribution in [0.25, 0.3) is 21.5 Å². The topological polar surface area (TPSA) is 327 Å². The predicted molar refractivity (Wildman–Crippen MR) is 257 cm³/mol. The highest BCUT2D eigenvalue weighted by Crippen LogP contribution is 2.54. The van der Waals surface area contributed by atoms with Crippen molar-refractivity contribution in [3.8, 4) is 0 Å². The third-order valence-electron chi connectivity index (χ3n) is 12.8. The van der Waals surface area contributed by atoms with Crippen molar-refractivity contribution in [1.82, 2.24) is 0 Å². The van der Waals surface area contributed by atoms with Gasteiger partial charge in [0, 0.05) is 78.4 Å². The van der Waals surface area contributed by atoms with Crippen LogP contribution in [0.1, 0.15) is 76.8 Å². The molecule has 0 bridgehead atoms. The first-order chi connectivity index (χ1) is 32.4. The van der Waals surface area contributed by atoms with Crippen LogP contribution in [0.15, 0.2) is 104 Å². The number of methoxy groups -OCH3 is 1. The average Bonchev–Trinajstić information content (AvgIpc) is 3.63. The molecule has 0 fully saturated rings. The van der Waals surface area contributed by atoms with E-state index in [4.69, 9.17) is 4.74 Å². The van der Waals surface area contributed by atoms with E-state index >= 15 is 0 Å². The van der Waals surface area contributed by atoms with Gasteiger partial charge >= 0.3 is 5.97 Å². The zero-order valence-electron chi connectivity index (χ0n) is 38.3. The highest BCUT2D eigenvalue weighted by molar-refractivity contribution is 7.87. The molecule has 20 nitrogen and oxygen atoms in total. The number of anilines is 1. The summed E-state index contributed by atoms with van der Waals surface area (Å²) in [5, 5.41) is 9.15. The number of hydrogen-bond donors (Lipinski definition) is 5. The molecule has 4 aromatic carbocycles. The highest BCUT2D eigenvalue weighted by atomic mass is 32.2. The zero-order chi connectivity index (χ0) is 52.0. The summed E-state index contributed by atoms with van der Waals surface area (Å²) in [6.07, 6.45) is 9.84. The van der Waals surface area contributed by atoms with E-state index in [0.717, 1.165) is 12.1 Å². The van der Waals surface area contributed by atoms with Gasteiger partial charge in [0.05, 0.1) is 25.9 Å². The summed E-state index contributed by atoms with van der Waals surface area (Å²) in [6.45, 7) is 6.07. The van der Waals surface area contributed by atoms with E-state index in [0.29, 0.717) is 71.9 Å². The highest BCUT2D eigenvalue weighted by Gasteiger charge is 2.49. The second-order valence-corrected chi connectivity index (χ2v) is 24.6. The van der Waals surface area contributed by atoms with E-state index in [-0.39, 0.29) is 60.4 Å². The molecule has 6 rings (SSSR count). The van der Waals surface area contributed by atoms with Gasteiger partial charge in [0.1, 0.15) is 21.6 Å². The number of fused-ring (bicyclic) bond motifs is 6. The minimum atomic E-state index is -5.29. The molecular formula is C45H52N2O18S5. The van der Waals surface area contributed by atoms with Crippen LogP contribution in [0.2, 0.25) is 0 Å². The standard InChI is InChI=1S/C45H52N2O18S5/c1-5-46-35-18-16-31-33(25-29(67(53,54)55)27-37(31)69(59,60)61)42(35)44(2,20-12-24-66(50,51)52)39(46)13-8-6-9-14-40-45(3,21-23-65-4)43-34-26-30(68(56,57)58)28-38(70(62,63)64)32(34)17-19-36(43)47(40)22-11-7-10-15-41(48)49/h6,8-9,13-14,16-19,25-28H,5,7,10-12,15,20-24H2,1-4H3,(H5-,48,49,50,51,52,53,54,55,56,57,58,59,60,61,62,63,64). The first-order valence-electron chi connectivity index (χ1n) is 21.6. The molecule has 70 heavy (non-hydrogen) atoms. The Balaban J connectivity index is 1.54. The number of aliphatic carboxylic acids is 1. The molecule has 0 saturated heterocycles. The lowest BCUT2D eigenvalue weighted by Crippen LogP contribution is -2.33. The van der Waals surface area contributed by atoms with Gasteiger partial charge in [0.25, 0.3) is 40.5 Å². The fourth-order valence-corrected chi connectivity index (χ4v) is 13.0. The number of carboxylic acids is 1. The quantitative estimate of drug-likeness (QED) is 0.0271. The lowest BCUT2D eigenvalue weighted by Gasteiger charge is -2.30. The number of nitrogens with zero attached hydrogens (tertiary/aromatic N) is 2. The third-order valence-corrected chi connectivity index (χ3v) is 17.1. The van der Waals surface area contributed by atoms with Gasteiger partial charge in [-0.2, -0.15) is 38.2 Å². The van der Waals surface area contributed by atoms with E-state index in [1.165, 1.54) is 19.2 Å². The van der Waals surface area contributed by atoms with Crippen molar-refractivity contribution in [1.29, 1.82) is 0 Å². The van der Waals surface area contributed by atoms with Crippen molar-refractivity contribution >= 4 is 95.2 Å². The molecule has 2 unspecified atom stereocenters. The summed E-state index contributed by atoms with van der Waals surface area (Å²) in [6, 6.07) is 9.33. The molecule has 5 N–H and O–H groups in total. The van der Waals surface area contributed by atoms with Crippen LogP contribution in [-0.4, -0.2) is 119 Å². The zero-order valence-corrected chi connectivity index (χ0v) is 42.3. The SMILES string of the molecule is CCN1C(=CC=CC=CC2=[N+](CCCCCC(=O)O)c3ccc4c(S(=O)(=O)[O-])cc(S(=O)(=O)O)cc4c3C2(C)CCOC)C(C)(CCCS(=O)(=O)O)c2c1ccc1c(S(=O)(=O)O)cc(S(=O)(=O)O)cc21. The number of rotatable bonds is 21. The van der Waals surface area contributed by atoms with Crippen LogP contribution < -0.4 is 4.90 Å². The molecule has 0 saturated carbocycles. The molecule has 2 heterocycles. The Kier molecular flexibility index (Phi) is 15.5. The van der Waals surface area contributed by atoms with Gasteiger partial charge in [-0.1, -0.05) is 24.3 Å². The maximum atomic E-state index is 12.6. The predicted octanol–water partition coefficient (Wildman–Crippen LogP) is 6.14. The number of carboxylic acid groups (broad SMARTS) is 1. The van der Waals surface area contributed by atoms with Gasteiger partial charge in [-0.05, 0) is 112 Å². The van der Waals surface area contributed by atoms with E-state index in [9.17, 15) is 74.8 Å². The Labute approximate surface area is 406 Å². The van der Waals surface area contributed by atoms with Crippen LogP contribution in [-0.2, 0) is 71.0 Å². The first-order valence-corrected chi connectivity index (χ1v) is 29.0. The van der Waals surface area contributed by atoms with Crippen LogP contribution >= 0.6 is 0 Å². The minimum Gasteiger partial charge on any atom is -0.744 e. The minimum absolute atomic E-state index is 0.000300. The van der Waals surface area contributed by atoms with Gasteiger partial charge < -0.3 is 19.3 Å². The number of benzene rings is 4. The molecule has 4 aromatic rings. The molecule has 0 aromatic heterocycles. The molecule has 25 heteroatoms. The second kappa shape index (κ2) is 19.9. The second-order valence-electron chi connectivity index (χ2n) is 17.4. The molecule has 2 aliphatic rings. The summed E-state index contributed by atoms with van der Waals surface area (Å²) < 4.78 is 184. The van der Waals surface area contributed by atoms with Crippen molar-refractivity contribution in [2.45, 2.75) is 96.1 Å². The number of carbonyl (C=O) groups is 1. The largest absolute Gasteiger partial charge is 0.744 e. The molecular weight excluding hydrogens is 1020 g/mol. The lowest BCUT2D eigenvalue weighted by atomic mass is 9.75. The van der Waals surface area contributed by atoms with Crippen LogP contribution in [0.3, 0.4) is 0 Å². The number of hydrogen-bond acceptors (Lipinski definition) is 14. The smallest absolute Gasteiger partial charge is 0.303 e. The van der Waals surface area contributed by atoms with Crippen LogP contribution in [0.5, 0.6) is 0 Å². The van der Waals surface area contributed by atoms with Gasteiger partial charge in [-0.25, -0.2) is 8.42 Å². The van der Waals surface area contributed by atoms with Gasteiger partial charge in [-0.3, -0.25) is 23.0 Å². The summed E-state index contributed by atoms with van der Waals surface area (Å²) in [5.74, 6) is -1.62. The van der Waals surface area contributed by atoms with Gasteiger partial charge in [0.15, 0.2) is 5.71 Å². The third kappa shape index (κ3) is 11.1. The number of ether oxygens (including phenoxy) is 1. The number of likely N-dealkylation sites (N-methyl/N-ethyl adjacent to an activating group) is 1. The van der Waals surface area contributed by atoms with E-state index < -0.39 is 92.7 Å². The molecule has 0 radical (unpaired) electrons. The summed E-state index contributed by atoms with van der Waals surface area (Å²) in [5.41, 5.74) is 0.559. The van der Waals surface area contributed by atoms with Crippen LogP contribution in [0.4, 0.5) is 11.4 Å². The first kappa shape index (κ1) is 54.4. The van der Waals surface area contributed by atoms with E-state index in [1.54, 1.807) is 56.4 Å². The Morgan fingerprint density at radius 1 is 0.714 bits per heavy atom. The van der Waals surface area contributed by atoms with E-state index in [2.05, 4.69) is 0 Å². The van der Waals surface area contributed by atoms with Gasteiger partial charge in [0.2, 0.25) is 5.69 Å². The van der Waals surface area contributed by atoms with Crippen molar-refractivity contribution in [2.75, 3.05) is 37.5 Å². The molecule has 2 aliphatic heterocycles. The normalized spacial score (nSPS) is 19.7. The van der Waals surface area contributed by atoms with Crippen molar-refractivity contribution in [2.24, 2.45) is 0 Å².